The van der Waals surface area contributed by atoms with E-state index in [0.29, 0.717) is 19.5 Å². The highest BCUT2D eigenvalue weighted by molar-refractivity contribution is 5.87. The lowest BCUT2D eigenvalue weighted by Crippen LogP contribution is -2.46. The van der Waals surface area contributed by atoms with Crippen molar-refractivity contribution in [1.29, 1.82) is 0 Å². The van der Waals surface area contributed by atoms with E-state index >= 15 is 0 Å². The molecule has 27 heavy (non-hydrogen) atoms. The molecule has 0 saturated carbocycles. The zero-order chi connectivity index (χ0) is 19.1. The second-order valence-electron chi connectivity index (χ2n) is 6.50. The fourth-order valence-corrected chi connectivity index (χ4v) is 3.04. The lowest BCUT2D eigenvalue weighted by Gasteiger charge is -2.15. The summed E-state index contributed by atoms with van der Waals surface area (Å²) in [4.78, 5) is 27.0. The van der Waals surface area contributed by atoms with Gasteiger partial charge in [-0.25, -0.2) is 0 Å². The van der Waals surface area contributed by atoms with Crippen molar-refractivity contribution in [2.24, 2.45) is 5.73 Å². The van der Waals surface area contributed by atoms with Crippen LogP contribution in [-0.4, -0.2) is 29.4 Å². The molecule has 0 spiro atoms. The SMILES string of the molecule is NC(=O)[C@H](Cc1ccccc1)NC(=O)CCNCc1c[nH]c2ccccc12. The molecule has 5 N–H and O–H groups in total. The van der Waals surface area contributed by atoms with E-state index in [1.807, 2.05) is 54.7 Å². The number of hydrogen-bond acceptors (Lipinski definition) is 3. The van der Waals surface area contributed by atoms with Crippen molar-refractivity contribution in [2.75, 3.05) is 6.54 Å². The highest BCUT2D eigenvalue weighted by Gasteiger charge is 2.18. The summed E-state index contributed by atoms with van der Waals surface area (Å²) < 4.78 is 0. The number of nitrogens with two attached hydrogens (primary N) is 1. The van der Waals surface area contributed by atoms with E-state index in [1.54, 1.807) is 0 Å². The minimum atomic E-state index is -0.700. The second kappa shape index (κ2) is 9.00. The van der Waals surface area contributed by atoms with Gasteiger partial charge in [0.1, 0.15) is 6.04 Å². The van der Waals surface area contributed by atoms with Crippen LogP contribution < -0.4 is 16.4 Å². The molecule has 0 aliphatic heterocycles. The van der Waals surface area contributed by atoms with Crippen LogP contribution in [0.1, 0.15) is 17.5 Å². The third kappa shape index (κ3) is 5.18. The molecule has 1 atom stereocenters. The molecule has 3 rings (SSSR count). The largest absolute Gasteiger partial charge is 0.368 e. The first-order chi connectivity index (χ1) is 13.1. The van der Waals surface area contributed by atoms with E-state index in [-0.39, 0.29) is 12.3 Å². The molecule has 2 amide bonds. The number of rotatable bonds is 9. The quantitative estimate of drug-likeness (QED) is 0.436. The highest BCUT2D eigenvalue weighted by Crippen LogP contribution is 2.17. The summed E-state index contributed by atoms with van der Waals surface area (Å²) in [6.07, 6.45) is 2.65. The Morgan fingerprint density at radius 3 is 2.56 bits per heavy atom. The van der Waals surface area contributed by atoms with Gasteiger partial charge >= 0.3 is 0 Å². The van der Waals surface area contributed by atoms with Gasteiger partial charge in [0.25, 0.3) is 0 Å². The maximum absolute atomic E-state index is 12.2. The number of amides is 2. The lowest BCUT2D eigenvalue weighted by molar-refractivity contribution is -0.127. The lowest BCUT2D eigenvalue weighted by atomic mass is 10.1. The van der Waals surface area contributed by atoms with Crippen LogP contribution in [0, 0.1) is 0 Å². The molecule has 0 radical (unpaired) electrons. The Labute approximate surface area is 158 Å². The summed E-state index contributed by atoms with van der Waals surface area (Å²) in [6, 6.07) is 16.9. The van der Waals surface area contributed by atoms with Crippen molar-refractivity contribution in [3.8, 4) is 0 Å². The van der Waals surface area contributed by atoms with Crippen molar-refractivity contribution in [3.05, 3.63) is 71.9 Å². The van der Waals surface area contributed by atoms with Gasteiger partial charge in [0.05, 0.1) is 0 Å². The Hall–Kier alpha value is -3.12. The van der Waals surface area contributed by atoms with Gasteiger partial charge in [0.15, 0.2) is 0 Å². The molecule has 0 bridgehead atoms. The maximum atomic E-state index is 12.2. The zero-order valence-electron chi connectivity index (χ0n) is 15.1. The predicted molar refractivity (Wildman–Crippen MR) is 106 cm³/mol. The normalized spacial score (nSPS) is 12.0. The van der Waals surface area contributed by atoms with Gasteiger partial charge in [-0.05, 0) is 17.2 Å². The average Bonchev–Trinajstić information content (AvgIpc) is 3.09. The Morgan fingerprint density at radius 1 is 1.04 bits per heavy atom. The van der Waals surface area contributed by atoms with Crippen LogP contribution in [0.2, 0.25) is 0 Å². The fraction of sp³-hybridized carbons (Fsp3) is 0.238. The first kappa shape index (κ1) is 18.7. The zero-order valence-corrected chi connectivity index (χ0v) is 15.1. The summed E-state index contributed by atoms with van der Waals surface area (Å²) in [5.74, 6) is -0.722. The third-order valence-corrected chi connectivity index (χ3v) is 4.48. The van der Waals surface area contributed by atoms with Crippen LogP contribution in [-0.2, 0) is 22.6 Å². The molecule has 0 aliphatic carbocycles. The molecule has 0 fully saturated rings. The van der Waals surface area contributed by atoms with E-state index in [0.717, 1.165) is 16.6 Å². The van der Waals surface area contributed by atoms with Crippen molar-refractivity contribution in [1.82, 2.24) is 15.6 Å². The van der Waals surface area contributed by atoms with Gasteiger partial charge in [-0.15, -0.1) is 0 Å². The predicted octanol–water partition coefficient (Wildman–Crippen LogP) is 1.86. The molecule has 0 unspecified atom stereocenters. The van der Waals surface area contributed by atoms with E-state index in [1.165, 1.54) is 5.39 Å². The Balaban J connectivity index is 1.45. The van der Waals surface area contributed by atoms with Crippen LogP contribution in [0.5, 0.6) is 0 Å². The number of benzene rings is 2. The van der Waals surface area contributed by atoms with Gasteiger partial charge in [-0.1, -0.05) is 48.5 Å². The Bertz CT molecular complexity index is 905. The monoisotopic (exact) mass is 364 g/mol. The van der Waals surface area contributed by atoms with Crippen molar-refractivity contribution in [2.45, 2.75) is 25.4 Å². The smallest absolute Gasteiger partial charge is 0.240 e. The highest BCUT2D eigenvalue weighted by atomic mass is 16.2. The third-order valence-electron chi connectivity index (χ3n) is 4.48. The molecular formula is C21H24N4O2. The molecule has 2 aromatic carbocycles. The first-order valence-corrected chi connectivity index (χ1v) is 9.02. The Kier molecular flexibility index (Phi) is 6.22. The number of carbonyl (C=O) groups is 2. The molecule has 6 nitrogen and oxygen atoms in total. The van der Waals surface area contributed by atoms with Crippen LogP contribution in [0.15, 0.2) is 60.8 Å². The molecule has 0 aliphatic rings. The van der Waals surface area contributed by atoms with Crippen LogP contribution >= 0.6 is 0 Å². The van der Waals surface area contributed by atoms with Crippen LogP contribution in [0.3, 0.4) is 0 Å². The number of aromatic amines is 1. The average molecular weight is 364 g/mol. The summed E-state index contributed by atoms with van der Waals surface area (Å²) in [5, 5.41) is 7.17. The summed E-state index contributed by atoms with van der Waals surface area (Å²) >= 11 is 0. The first-order valence-electron chi connectivity index (χ1n) is 9.02. The fourth-order valence-electron chi connectivity index (χ4n) is 3.04. The van der Waals surface area contributed by atoms with Gasteiger partial charge in [0.2, 0.25) is 11.8 Å². The van der Waals surface area contributed by atoms with Gasteiger partial charge < -0.3 is 21.4 Å². The van der Waals surface area contributed by atoms with E-state index in [2.05, 4.69) is 21.7 Å². The van der Waals surface area contributed by atoms with Crippen molar-refractivity contribution in [3.63, 3.8) is 0 Å². The van der Waals surface area contributed by atoms with E-state index in [9.17, 15) is 9.59 Å². The molecule has 0 saturated heterocycles. The number of aromatic nitrogens is 1. The minimum absolute atomic E-state index is 0.193. The molecule has 140 valence electrons. The van der Waals surface area contributed by atoms with Gasteiger partial charge in [-0.2, -0.15) is 0 Å². The number of primary amides is 1. The molecule has 1 heterocycles. The maximum Gasteiger partial charge on any atom is 0.240 e. The minimum Gasteiger partial charge on any atom is -0.368 e. The van der Waals surface area contributed by atoms with Gasteiger partial charge in [-0.3, -0.25) is 9.59 Å². The summed E-state index contributed by atoms with van der Waals surface area (Å²) in [7, 11) is 0. The summed E-state index contributed by atoms with van der Waals surface area (Å²) in [5.41, 5.74) is 8.64. The topological polar surface area (TPSA) is 100 Å². The number of para-hydroxylation sites is 1. The molecule has 3 aromatic rings. The van der Waals surface area contributed by atoms with Crippen LogP contribution in [0.25, 0.3) is 10.9 Å². The van der Waals surface area contributed by atoms with E-state index in [4.69, 9.17) is 5.73 Å². The van der Waals surface area contributed by atoms with E-state index < -0.39 is 11.9 Å². The number of fused-ring (bicyclic) bond motifs is 1. The van der Waals surface area contributed by atoms with Gasteiger partial charge in [0, 0.05) is 43.0 Å². The number of hydrogen-bond donors (Lipinski definition) is 4. The number of carbonyl (C=O) groups excluding carboxylic acids is 2. The standard InChI is InChI=1S/C21H24N4O2/c22-21(27)19(12-15-6-2-1-3-7-15)25-20(26)10-11-23-13-16-14-24-18-9-5-4-8-17(16)18/h1-9,14,19,23-24H,10-13H2,(H2,22,27)(H,25,26)/t19-/m0/s1. The second-order valence-corrected chi connectivity index (χ2v) is 6.50. The molecule has 6 heteroatoms. The number of H-pyrrole nitrogens is 1. The summed E-state index contributed by atoms with van der Waals surface area (Å²) in [6.45, 7) is 1.18. The number of nitrogens with one attached hydrogen (secondary N) is 3. The Morgan fingerprint density at radius 2 is 1.78 bits per heavy atom. The van der Waals surface area contributed by atoms with Crippen molar-refractivity contribution < 1.29 is 9.59 Å². The molecular weight excluding hydrogens is 340 g/mol. The van der Waals surface area contributed by atoms with Crippen LogP contribution in [0.4, 0.5) is 0 Å². The van der Waals surface area contributed by atoms with Crippen molar-refractivity contribution >= 4 is 22.7 Å². The molecule has 1 aromatic heterocycles.